The van der Waals surface area contributed by atoms with Gasteiger partial charge in [-0.3, -0.25) is 9.36 Å². The summed E-state index contributed by atoms with van der Waals surface area (Å²) >= 11 is 0. The number of benzene rings is 1. The Balaban J connectivity index is 1.97. The fourth-order valence-corrected chi connectivity index (χ4v) is 1.70. The van der Waals surface area contributed by atoms with Gasteiger partial charge in [0.15, 0.2) is 11.6 Å². The van der Waals surface area contributed by atoms with Gasteiger partial charge in [0.2, 0.25) is 5.82 Å². The lowest BCUT2D eigenvalue weighted by Gasteiger charge is -2.09. The van der Waals surface area contributed by atoms with Crippen LogP contribution < -0.4 is 21.3 Å². The van der Waals surface area contributed by atoms with E-state index in [0.717, 1.165) is 9.25 Å². The van der Waals surface area contributed by atoms with E-state index in [9.17, 15) is 14.0 Å². The lowest BCUT2D eigenvalue weighted by molar-refractivity contribution is 0.315. The average molecular weight is 294 g/mol. The SMILES string of the molecule is Cn1nc(NCCOc2ccccc2F)c(=O)n(C)c1=O. The molecule has 0 fully saturated rings. The maximum atomic E-state index is 13.3. The number of para-hydroxylation sites is 1. The van der Waals surface area contributed by atoms with E-state index in [1.165, 1.54) is 26.2 Å². The zero-order chi connectivity index (χ0) is 15.4. The van der Waals surface area contributed by atoms with Crippen LogP contribution in [0.25, 0.3) is 0 Å². The number of hydrogen-bond acceptors (Lipinski definition) is 5. The Bertz CT molecular complexity index is 754. The minimum Gasteiger partial charge on any atom is -0.489 e. The first kappa shape index (κ1) is 14.8. The third kappa shape index (κ3) is 3.28. The van der Waals surface area contributed by atoms with Gasteiger partial charge in [0.05, 0.1) is 6.54 Å². The second kappa shape index (κ2) is 6.21. The molecular weight excluding hydrogens is 279 g/mol. The molecular formula is C13H15FN4O3. The molecule has 0 bridgehead atoms. The summed E-state index contributed by atoms with van der Waals surface area (Å²) in [5.74, 6) is -0.272. The number of anilines is 1. The van der Waals surface area contributed by atoms with Gasteiger partial charge >= 0.3 is 5.69 Å². The predicted octanol–water partition coefficient (Wildman–Crippen LogP) is 0.109. The van der Waals surface area contributed by atoms with Crippen LogP contribution >= 0.6 is 0 Å². The number of nitrogens with zero attached hydrogens (tertiary/aromatic N) is 3. The molecule has 0 saturated heterocycles. The standard InChI is InChI=1S/C13H15FN4O3/c1-17-12(19)11(16-18(2)13(17)20)15-7-8-21-10-6-4-3-5-9(10)14/h3-6H,7-8H2,1-2H3,(H,15,16). The van der Waals surface area contributed by atoms with Crippen molar-refractivity contribution < 1.29 is 9.13 Å². The van der Waals surface area contributed by atoms with Crippen LogP contribution in [0.2, 0.25) is 0 Å². The molecule has 112 valence electrons. The lowest BCUT2D eigenvalue weighted by Crippen LogP contribution is -2.40. The molecule has 2 aromatic rings. The minimum absolute atomic E-state index is 0.0386. The van der Waals surface area contributed by atoms with Crippen molar-refractivity contribution in [2.45, 2.75) is 0 Å². The molecule has 21 heavy (non-hydrogen) atoms. The number of halogens is 1. The molecule has 0 saturated carbocycles. The van der Waals surface area contributed by atoms with E-state index < -0.39 is 17.1 Å². The smallest absolute Gasteiger partial charge is 0.346 e. The van der Waals surface area contributed by atoms with E-state index in [1.54, 1.807) is 12.1 Å². The number of aromatic nitrogens is 3. The second-order valence-electron chi connectivity index (χ2n) is 4.32. The molecule has 7 nitrogen and oxygen atoms in total. The van der Waals surface area contributed by atoms with Gasteiger partial charge in [-0.05, 0) is 12.1 Å². The molecule has 0 aliphatic rings. The van der Waals surface area contributed by atoms with E-state index in [2.05, 4.69) is 10.4 Å². The van der Waals surface area contributed by atoms with Crippen LogP contribution in [0.1, 0.15) is 0 Å². The molecule has 1 N–H and O–H groups in total. The molecule has 0 amide bonds. The topological polar surface area (TPSA) is 78.2 Å². The van der Waals surface area contributed by atoms with Crippen molar-refractivity contribution in [3.8, 4) is 5.75 Å². The Morgan fingerprint density at radius 1 is 1.29 bits per heavy atom. The van der Waals surface area contributed by atoms with Gasteiger partial charge in [-0.25, -0.2) is 13.9 Å². The lowest BCUT2D eigenvalue weighted by atomic mass is 10.3. The van der Waals surface area contributed by atoms with Gasteiger partial charge in [-0.1, -0.05) is 12.1 Å². The molecule has 0 radical (unpaired) electrons. The molecule has 0 unspecified atom stereocenters. The quantitative estimate of drug-likeness (QED) is 0.792. The van der Waals surface area contributed by atoms with Crippen molar-refractivity contribution in [1.29, 1.82) is 0 Å². The van der Waals surface area contributed by atoms with E-state index in [1.807, 2.05) is 0 Å². The van der Waals surface area contributed by atoms with Crippen molar-refractivity contribution in [2.75, 3.05) is 18.5 Å². The first-order valence-electron chi connectivity index (χ1n) is 6.26. The van der Waals surface area contributed by atoms with Crippen LogP contribution in [0.4, 0.5) is 10.2 Å². The largest absolute Gasteiger partial charge is 0.489 e. The first-order valence-corrected chi connectivity index (χ1v) is 6.26. The monoisotopic (exact) mass is 294 g/mol. The Kier molecular flexibility index (Phi) is 4.36. The van der Waals surface area contributed by atoms with Crippen molar-refractivity contribution in [2.24, 2.45) is 14.1 Å². The van der Waals surface area contributed by atoms with Crippen LogP contribution in [-0.4, -0.2) is 27.5 Å². The average Bonchev–Trinajstić information content (AvgIpc) is 2.48. The molecule has 1 aromatic heterocycles. The summed E-state index contributed by atoms with van der Waals surface area (Å²) in [5.41, 5.74) is -1.03. The van der Waals surface area contributed by atoms with Crippen LogP contribution in [0.15, 0.2) is 33.9 Å². The zero-order valence-corrected chi connectivity index (χ0v) is 11.7. The summed E-state index contributed by atoms with van der Waals surface area (Å²) in [6, 6.07) is 6.04. The summed E-state index contributed by atoms with van der Waals surface area (Å²) in [7, 11) is 2.82. The summed E-state index contributed by atoms with van der Waals surface area (Å²) in [4.78, 5) is 23.2. The van der Waals surface area contributed by atoms with Crippen LogP contribution in [0.5, 0.6) is 5.75 Å². The van der Waals surface area contributed by atoms with Crippen molar-refractivity contribution in [3.63, 3.8) is 0 Å². The molecule has 8 heteroatoms. The van der Waals surface area contributed by atoms with Gasteiger partial charge < -0.3 is 10.1 Å². The number of nitrogens with one attached hydrogen (secondary N) is 1. The second-order valence-corrected chi connectivity index (χ2v) is 4.32. The maximum Gasteiger partial charge on any atom is 0.346 e. The van der Waals surface area contributed by atoms with E-state index >= 15 is 0 Å². The fourth-order valence-electron chi connectivity index (χ4n) is 1.70. The Labute approximate surface area is 119 Å². The Hall–Kier alpha value is -2.64. The highest BCUT2D eigenvalue weighted by atomic mass is 19.1. The van der Waals surface area contributed by atoms with Gasteiger partial charge in [-0.2, -0.15) is 0 Å². The van der Waals surface area contributed by atoms with Crippen molar-refractivity contribution in [1.82, 2.24) is 14.3 Å². The van der Waals surface area contributed by atoms with Crippen LogP contribution in [0, 0.1) is 5.82 Å². The zero-order valence-electron chi connectivity index (χ0n) is 11.7. The predicted molar refractivity (Wildman–Crippen MR) is 75.1 cm³/mol. The molecule has 0 aliphatic heterocycles. The summed E-state index contributed by atoms with van der Waals surface area (Å²) < 4.78 is 20.6. The molecule has 2 rings (SSSR count). The minimum atomic E-state index is -0.524. The molecule has 0 atom stereocenters. The van der Waals surface area contributed by atoms with Gasteiger partial charge in [-0.15, -0.1) is 5.10 Å². The first-order chi connectivity index (χ1) is 10.0. The fraction of sp³-hybridized carbons (Fsp3) is 0.308. The summed E-state index contributed by atoms with van der Waals surface area (Å²) in [6.45, 7) is 0.392. The highest BCUT2D eigenvalue weighted by molar-refractivity contribution is 5.29. The maximum absolute atomic E-state index is 13.3. The van der Waals surface area contributed by atoms with E-state index in [-0.39, 0.29) is 24.7 Å². The molecule has 0 aliphatic carbocycles. The van der Waals surface area contributed by atoms with E-state index in [0.29, 0.717) is 0 Å². The van der Waals surface area contributed by atoms with Gasteiger partial charge in [0.1, 0.15) is 6.61 Å². The van der Waals surface area contributed by atoms with Crippen LogP contribution in [-0.2, 0) is 14.1 Å². The number of hydrogen-bond donors (Lipinski definition) is 1. The highest BCUT2D eigenvalue weighted by Gasteiger charge is 2.08. The van der Waals surface area contributed by atoms with Gasteiger partial charge in [0.25, 0.3) is 5.56 Å². The van der Waals surface area contributed by atoms with Crippen molar-refractivity contribution in [3.05, 3.63) is 50.9 Å². The Morgan fingerprint density at radius 3 is 2.71 bits per heavy atom. The highest BCUT2D eigenvalue weighted by Crippen LogP contribution is 2.14. The normalized spacial score (nSPS) is 10.4. The molecule has 1 heterocycles. The van der Waals surface area contributed by atoms with E-state index in [4.69, 9.17) is 4.74 Å². The van der Waals surface area contributed by atoms with Crippen LogP contribution in [0.3, 0.4) is 0 Å². The number of aryl methyl sites for hydroxylation is 1. The van der Waals surface area contributed by atoms with Gasteiger partial charge in [0, 0.05) is 14.1 Å². The molecule has 1 aromatic carbocycles. The third-order valence-electron chi connectivity index (χ3n) is 2.81. The number of ether oxygens (including phenoxy) is 1. The number of rotatable bonds is 5. The van der Waals surface area contributed by atoms with Crippen molar-refractivity contribution >= 4 is 5.82 Å². The summed E-state index contributed by atoms with van der Waals surface area (Å²) in [5, 5.41) is 6.59. The molecule has 0 spiro atoms. The third-order valence-corrected chi connectivity index (χ3v) is 2.81. The summed E-state index contributed by atoms with van der Waals surface area (Å²) in [6.07, 6.45) is 0. The Morgan fingerprint density at radius 2 is 2.00 bits per heavy atom.